The maximum Gasteiger partial charge on any atom is 0.187 e. The average molecular weight is 334 g/mol. The number of aliphatic hydroxyl groups is 1. The number of carbonyl (C=O) groups excluding carboxylic acids is 1. The number of aliphatic hydroxyl groups excluding tert-OH is 1. The fourth-order valence-electron chi connectivity index (χ4n) is 2.14. The Balaban J connectivity index is 1.97. The van der Waals surface area contributed by atoms with Gasteiger partial charge in [-0.3, -0.25) is 9.69 Å². The van der Waals surface area contributed by atoms with Gasteiger partial charge in [-0.05, 0) is 34.3 Å². The van der Waals surface area contributed by atoms with Crippen molar-refractivity contribution in [3.8, 4) is 0 Å². The molecule has 0 radical (unpaired) electrons. The highest BCUT2D eigenvalue weighted by Gasteiger charge is 2.26. The number of halogens is 1. The number of hydrogen-bond donors (Lipinski definition) is 1. The first-order valence-corrected chi connectivity index (χ1v) is 7.52. The normalized spacial score (nSPS) is 25.3. The second kappa shape index (κ2) is 6.25. The predicted molar refractivity (Wildman–Crippen MR) is 74.2 cm³/mol. The van der Waals surface area contributed by atoms with E-state index >= 15 is 0 Å². The summed E-state index contributed by atoms with van der Waals surface area (Å²) in [5, 5.41) is 11.0. The second-order valence-corrected chi connectivity index (χ2v) is 6.24. The van der Waals surface area contributed by atoms with Crippen molar-refractivity contribution in [2.75, 3.05) is 26.2 Å². The highest BCUT2D eigenvalue weighted by atomic mass is 79.9. The molecule has 1 fully saturated rings. The van der Waals surface area contributed by atoms with Crippen LogP contribution in [0.3, 0.4) is 0 Å². The van der Waals surface area contributed by atoms with Gasteiger partial charge in [0.2, 0.25) is 0 Å². The maximum atomic E-state index is 12.1. The summed E-state index contributed by atoms with van der Waals surface area (Å²) in [6, 6.07) is 1.89. The summed E-state index contributed by atoms with van der Waals surface area (Å²) in [6.07, 6.45) is -0.135. The average Bonchev–Trinajstić information content (AvgIpc) is 2.74. The highest BCUT2D eigenvalue weighted by Crippen LogP contribution is 2.23. The molecule has 2 rings (SSSR count). The van der Waals surface area contributed by atoms with Gasteiger partial charge in [-0.2, -0.15) is 0 Å². The number of hydrogen-bond acceptors (Lipinski definition) is 5. The van der Waals surface area contributed by atoms with Crippen LogP contribution >= 0.6 is 27.3 Å². The second-order valence-electron chi connectivity index (χ2n) is 4.47. The monoisotopic (exact) mass is 333 g/mol. The molecule has 1 N–H and O–H groups in total. The zero-order chi connectivity index (χ0) is 13.1. The van der Waals surface area contributed by atoms with E-state index in [9.17, 15) is 4.79 Å². The Hall–Kier alpha value is -0.270. The van der Waals surface area contributed by atoms with Crippen LogP contribution in [-0.2, 0) is 4.74 Å². The molecular formula is C12H16BrNO3S. The van der Waals surface area contributed by atoms with Crippen LogP contribution in [0.4, 0.5) is 0 Å². The molecular weight excluding hydrogens is 318 g/mol. The molecule has 1 aliphatic heterocycles. The first-order chi connectivity index (χ1) is 8.60. The van der Waals surface area contributed by atoms with Crippen molar-refractivity contribution in [3.63, 3.8) is 0 Å². The molecule has 2 atom stereocenters. The lowest BCUT2D eigenvalue weighted by Crippen LogP contribution is -2.49. The summed E-state index contributed by atoms with van der Waals surface area (Å²) in [5.41, 5.74) is 0. The van der Waals surface area contributed by atoms with Crippen molar-refractivity contribution in [1.82, 2.24) is 4.90 Å². The van der Waals surface area contributed by atoms with Gasteiger partial charge in [0, 0.05) is 17.6 Å². The van der Waals surface area contributed by atoms with E-state index in [1.807, 2.05) is 23.3 Å². The van der Waals surface area contributed by atoms with Gasteiger partial charge in [-0.25, -0.2) is 0 Å². The van der Waals surface area contributed by atoms with E-state index in [1.54, 1.807) is 0 Å². The van der Waals surface area contributed by atoms with Gasteiger partial charge in [-0.15, -0.1) is 11.3 Å². The van der Waals surface area contributed by atoms with Gasteiger partial charge >= 0.3 is 0 Å². The van der Waals surface area contributed by atoms with Gasteiger partial charge in [0.25, 0.3) is 0 Å². The van der Waals surface area contributed by atoms with Gasteiger partial charge < -0.3 is 9.84 Å². The number of Topliss-reactive ketones (excluding diaryl/α,β-unsaturated/α-hetero) is 1. The van der Waals surface area contributed by atoms with Crippen LogP contribution in [0.5, 0.6) is 0 Å². The number of nitrogens with zero attached hydrogens (tertiary/aromatic N) is 1. The smallest absolute Gasteiger partial charge is 0.187 e. The lowest BCUT2D eigenvalue weighted by atomic mass is 10.2. The SMILES string of the molecule is CC1CN(CC(=O)c2sccc2Br)CC(CO)O1. The van der Waals surface area contributed by atoms with Crippen LogP contribution in [-0.4, -0.2) is 54.2 Å². The number of ether oxygens (including phenoxy) is 1. The van der Waals surface area contributed by atoms with Crippen molar-refractivity contribution in [2.24, 2.45) is 0 Å². The van der Waals surface area contributed by atoms with E-state index in [-0.39, 0.29) is 24.6 Å². The fraction of sp³-hybridized carbons (Fsp3) is 0.583. The van der Waals surface area contributed by atoms with Crippen LogP contribution in [0.1, 0.15) is 16.6 Å². The third-order valence-corrected chi connectivity index (χ3v) is 4.72. The van der Waals surface area contributed by atoms with Gasteiger partial charge in [-0.1, -0.05) is 0 Å². The fourth-order valence-corrected chi connectivity index (χ4v) is 3.66. The van der Waals surface area contributed by atoms with E-state index in [0.717, 1.165) is 15.9 Å². The molecule has 0 bridgehead atoms. The molecule has 2 heterocycles. The lowest BCUT2D eigenvalue weighted by Gasteiger charge is -2.35. The molecule has 0 aromatic carbocycles. The molecule has 1 saturated heterocycles. The predicted octanol–water partition coefficient (Wildman–Crippen LogP) is 1.77. The van der Waals surface area contributed by atoms with Gasteiger partial charge in [0.05, 0.1) is 30.2 Å². The first kappa shape index (κ1) is 14.1. The third-order valence-electron chi connectivity index (χ3n) is 2.84. The molecule has 6 heteroatoms. The topological polar surface area (TPSA) is 49.8 Å². The minimum atomic E-state index is -0.187. The Kier molecular flexibility index (Phi) is 4.91. The van der Waals surface area contributed by atoms with Crippen LogP contribution in [0, 0.1) is 0 Å². The lowest BCUT2D eigenvalue weighted by molar-refractivity contribution is -0.0926. The maximum absolute atomic E-state index is 12.1. The largest absolute Gasteiger partial charge is 0.394 e. The quantitative estimate of drug-likeness (QED) is 0.853. The number of carbonyl (C=O) groups is 1. The summed E-state index contributed by atoms with van der Waals surface area (Å²) in [6.45, 7) is 3.67. The molecule has 0 spiro atoms. The Bertz CT molecular complexity index is 423. The van der Waals surface area contributed by atoms with Crippen molar-refractivity contribution in [2.45, 2.75) is 19.1 Å². The number of ketones is 1. The molecule has 2 unspecified atom stereocenters. The molecule has 0 saturated carbocycles. The van der Waals surface area contributed by atoms with Gasteiger partial charge in [0.15, 0.2) is 5.78 Å². The molecule has 4 nitrogen and oxygen atoms in total. The molecule has 18 heavy (non-hydrogen) atoms. The Morgan fingerprint density at radius 2 is 2.44 bits per heavy atom. The summed E-state index contributed by atoms with van der Waals surface area (Å²) >= 11 is 4.83. The first-order valence-electron chi connectivity index (χ1n) is 5.85. The van der Waals surface area contributed by atoms with Crippen molar-refractivity contribution < 1.29 is 14.6 Å². The summed E-state index contributed by atoms with van der Waals surface area (Å²) < 4.78 is 6.41. The van der Waals surface area contributed by atoms with Gasteiger partial charge in [0.1, 0.15) is 0 Å². The zero-order valence-electron chi connectivity index (χ0n) is 10.1. The van der Waals surface area contributed by atoms with E-state index in [4.69, 9.17) is 9.84 Å². The van der Waals surface area contributed by atoms with E-state index < -0.39 is 0 Å². The van der Waals surface area contributed by atoms with Crippen LogP contribution in [0.2, 0.25) is 0 Å². The number of morpholine rings is 1. The Morgan fingerprint density at radius 1 is 1.67 bits per heavy atom. The summed E-state index contributed by atoms with van der Waals surface area (Å²) in [5.74, 6) is 0.114. The van der Waals surface area contributed by atoms with Crippen molar-refractivity contribution >= 4 is 33.0 Å². The van der Waals surface area contributed by atoms with Crippen LogP contribution in [0.25, 0.3) is 0 Å². The molecule has 0 amide bonds. The minimum Gasteiger partial charge on any atom is -0.394 e. The minimum absolute atomic E-state index is 0.00226. The number of rotatable bonds is 4. The highest BCUT2D eigenvalue weighted by molar-refractivity contribution is 9.10. The molecule has 0 aliphatic carbocycles. The van der Waals surface area contributed by atoms with Crippen molar-refractivity contribution in [3.05, 3.63) is 20.8 Å². The van der Waals surface area contributed by atoms with Crippen molar-refractivity contribution in [1.29, 1.82) is 0 Å². The van der Waals surface area contributed by atoms with E-state index in [0.29, 0.717) is 13.1 Å². The zero-order valence-corrected chi connectivity index (χ0v) is 12.5. The molecule has 1 aromatic heterocycles. The standard InChI is InChI=1S/C12H16BrNO3S/c1-8-4-14(5-9(7-15)17-8)6-11(16)12-10(13)2-3-18-12/h2-3,8-9,15H,4-7H2,1H3. The Labute approximate surface area is 119 Å². The number of thiophene rings is 1. The van der Waals surface area contributed by atoms with Crippen LogP contribution in [0.15, 0.2) is 15.9 Å². The van der Waals surface area contributed by atoms with E-state index in [1.165, 1.54) is 11.3 Å². The molecule has 100 valence electrons. The van der Waals surface area contributed by atoms with E-state index in [2.05, 4.69) is 15.9 Å². The molecule has 1 aromatic rings. The van der Waals surface area contributed by atoms with Crippen LogP contribution < -0.4 is 0 Å². The molecule has 1 aliphatic rings. The summed E-state index contributed by atoms with van der Waals surface area (Å²) in [4.78, 5) is 14.9. The Morgan fingerprint density at radius 3 is 3.06 bits per heavy atom. The summed E-state index contributed by atoms with van der Waals surface area (Å²) in [7, 11) is 0. The third kappa shape index (κ3) is 3.39.